The van der Waals surface area contributed by atoms with Crippen LogP contribution >= 0.6 is 0 Å². The molecule has 0 N–H and O–H groups in total. The van der Waals surface area contributed by atoms with E-state index < -0.39 is 0 Å². The quantitative estimate of drug-likeness (QED) is 0.739. The van der Waals surface area contributed by atoms with Gasteiger partial charge in [-0.15, -0.1) is 0 Å². The molecule has 0 radical (unpaired) electrons. The predicted molar refractivity (Wildman–Crippen MR) is 83.7 cm³/mol. The third kappa shape index (κ3) is 2.40. The van der Waals surface area contributed by atoms with Gasteiger partial charge in [0.25, 0.3) is 5.91 Å². The minimum Gasteiger partial charge on any atom is -0.342 e. The van der Waals surface area contributed by atoms with Crippen molar-refractivity contribution in [3.8, 4) is 5.69 Å². The first-order chi connectivity index (χ1) is 10.2. The van der Waals surface area contributed by atoms with E-state index in [1.54, 1.807) is 18.3 Å². The van der Waals surface area contributed by atoms with Crippen LogP contribution in [0.3, 0.4) is 0 Å². The number of nitrogens with zero attached hydrogens (tertiary/aromatic N) is 3. The van der Waals surface area contributed by atoms with Gasteiger partial charge in [0, 0.05) is 24.8 Å². The van der Waals surface area contributed by atoms with E-state index in [2.05, 4.69) is 4.98 Å². The van der Waals surface area contributed by atoms with Gasteiger partial charge in [-0.3, -0.25) is 9.36 Å². The van der Waals surface area contributed by atoms with Crippen LogP contribution in [0, 0.1) is 0 Å². The molecule has 106 valence electrons. The lowest BCUT2D eigenvalue weighted by atomic mass is 10.2. The van der Waals surface area contributed by atoms with E-state index in [1.165, 1.54) is 0 Å². The number of amides is 1. The zero-order valence-corrected chi connectivity index (χ0v) is 12.2. The number of hydrogen-bond donors (Lipinski definition) is 0. The van der Waals surface area contributed by atoms with Crippen molar-refractivity contribution in [1.82, 2.24) is 14.5 Å². The molecule has 0 fully saturated rings. The third-order valence-corrected chi connectivity index (χ3v) is 3.67. The minimum absolute atomic E-state index is 0.0412. The Labute approximate surface area is 123 Å². The highest BCUT2D eigenvalue weighted by Crippen LogP contribution is 2.18. The van der Waals surface area contributed by atoms with Crippen LogP contribution in [0.4, 0.5) is 0 Å². The summed E-state index contributed by atoms with van der Waals surface area (Å²) in [5, 5.41) is 0. The van der Waals surface area contributed by atoms with E-state index in [4.69, 9.17) is 0 Å². The topological polar surface area (TPSA) is 38.1 Å². The Morgan fingerprint density at radius 2 is 1.86 bits per heavy atom. The second kappa shape index (κ2) is 5.40. The number of aromatic nitrogens is 2. The molecule has 3 aromatic rings. The van der Waals surface area contributed by atoms with Crippen LogP contribution in [0.5, 0.6) is 0 Å². The van der Waals surface area contributed by atoms with Crippen molar-refractivity contribution in [1.29, 1.82) is 0 Å². The number of carbonyl (C=O) groups excluding carboxylic acids is 1. The maximum Gasteiger partial charge on any atom is 0.253 e. The Hall–Kier alpha value is -2.62. The molecular weight excluding hydrogens is 262 g/mol. The van der Waals surface area contributed by atoms with E-state index in [0.717, 1.165) is 16.7 Å². The summed E-state index contributed by atoms with van der Waals surface area (Å²) in [6.45, 7) is 2.66. The Morgan fingerprint density at radius 3 is 2.57 bits per heavy atom. The van der Waals surface area contributed by atoms with Crippen molar-refractivity contribution in [2.24, 2.45) is 0 Å². The fourth-order valence-corrected chi connectivity index (χ4v) is 2.29. The van der Waals surface area contributed by atoms with E-state index >= 15 is 0 Å². The molecule has 2 aromatic carbocycles. The van der Waals surface area contributed by atoms with Crippen molar-refractivity contribution in [2.45, 2.75) is 6.92 Å². The van der Waals surface area contributed by atoms with Crippen molar-refractivity contribution >= 4 is 16.9 Å². The van der Waals surface area contributed by atoms with Gasteiger partial charge in [0.15, 0.2) is 0 Å². The first-order valence-corrected chi connectivity index (χ1v) is 6.98. The maximum absolute atomic E-state index is 12.1. The average Bonchev–Trinajstić information content (AvgIpc) is 2.97. The van der Waals surface area contributed by atoms with Gasteiger partial charge < -0.3 is 4.90 Å². The SMILES string of the molecule is CCN(C)C(=O)c1ccc(-n2cnc3ccccc32)cc1. The monoisotopic (exact) mass is 279 g/mol. The molecule has 0 saturated carbocycles. The molecule has 1 aromatic heterocycles. The highest BCUT2D eigenvalue weighted by molar-refractivity contribution is 5.94. The Morgan fingerprint density at radius 1 is 1.14 bits per heavy atom. The van der Waals surface area contributed by atoms with Gasteiger partial charge >= 0.3 is 0 Å². The summed E-state index contributed by atoms with van der Waals surface area (Å²) < 4.78 is 2.02. The Kier molecular flexibility index (Phi) is 3.44. The first-order valence-electron chi connectivity index (χ1n) is 6.98. The summed E-state index contributed by atoms with van der Waals surface area (Å²) in [5.74, 6) is 0.0412. The summed E-state index contributed by atoms with van der Waals surface area (Å²) >= 11 is 0. The van der Waals surface area contributed by atoms with Crippen LogP contribution in [-0.4, -0.2) is 34.0 Å². The summed E-state index contributed by atoms with van der Waals surface area (Å²) in [5.41, 5.74) is 3.72. The average molecular weight is 279 g/mol. The molecule has 0 atom stereocenters. The van der Waals surface area contributed by atoms with Gasteiger partial charge in [-0.05, 0) is 43.3 Å². The van der Waals surface area contributed by atoms with Crippen molar-refractivity contribution in [3.63, 3.8) is 0 Å². The second-order valence-electron chi connectivity index (χ2n) is 4.97. The zero-order chi connectivity index (χ0) is 14.8. The Bertz CT molecular complexity index is 774. The molecule has 21 heavy (non-hydrogen) atoms. The standard InChI is InChI=1S/C17H17N3O/c1-3-19(2)17(21)13-8-10-14(11-9-13)20-12-18-15-6-4-5-7-16(15)20/h4-12H,3H2,1-2H3. The molecule has 4 nitrogen and oxygen atoms in total. The number of imidazole rings is 1. The fraction of sp³-hybridized carbons (Fsp3) is 0.176. The molecular formula is C17H17N3O. The van der Waals surface area contributed by atoms with Gasteiger partial charge in [-0.25, -0.2) is 4.98 Å². The lowest BCUT2D eigenvalue weighted by Crippen LogP contribution is -2.26. The molecule has 1 amide bonds. The summed E-state index contributed by atoms with van der Waals surface area (Å²) in [7, 11) is 1.81. The van der Waals surface area contributed by atoms with E-state index in [9.17, 15) is 4.79 Å². The Balaban J connectivity index is 1.96. The van der Waals surface area contributed by atoms with E-state index in [0.29, 0.717) is 12.1 Å². The molecule has 4 heteroatoms. The number of carbonyl (C=O) groups is 1. The third-order valence-electron chi connectivity index (χ3n) is 3.67. The summed E-state index contributed by atoms with van der Waals surface area (Å²) in [4.78, 5) is 18.2. The van der Waals surface area contributed by atoms with Gasteiger partial charge in [-0.1, -0.05) is 12.1 Å². The number of rotatable bonds is 3. The van der Waals surface area contributed by atoms with E-state index in [1.807, 2.05) is 60.0 Å². The molecule has 0 bridgehead atoms. The molecule has 0 aliphatic carbocycles. The van der Waals surface area contributed by atoms with Gasteiger partial charge in [0.1, 0.15) is 6.33 Å². The minimum atomic E-state index is 0.0412. The highest BCUT2D eigenvalue weighted by Gasteiger charge is 2.10. The molecule has 3 rings (SSSR count). The molecule has 0 saturated heterocycles. The van der Waals surface area contributed by atoms with E-state index in [-0.39, 0.29) is 5.91 Å². The number of hydrogen-bond acceptors (Lipinski definition) is 2. The van der Waals surface area contributed by atoms with Crippen molar-refractivity contribution in [3.05, 3.63) is 60.4 Å². The second-order valence-corrected chi connectivity index (χ2v) is 4.97. The van der Waals surface area contributed by atoms with Crippen molar-refractivity contribution < 1.29 is 4.79 Å². The smallest absolute Gasteiger partial charge is 0.253 e. The van der Waals surface area contributed by atoms with Crippen molar-refractivity contribution in [2.75, 3.05) is 13.6 Å². The van der Waals surface area contributed by atoms with Crippen LogP contribution < -0.4 is 0 Å². The summed E-state index contributed by atoms with van der Waals surface area (Å²) in [6.07, 6.45) is 1.81. The largest absolute Gasteiger partial charge is 0.342 e. The van der Waals surface area contributed by atoms with Crippen LogP contribution in [-0.2, 0) is 0 Å². The number of para-hydroxylation sites is 2. The highest BCUT2D eigenvalue weighted by atomic mass is 16.2. The van der Waals surface area contributed by atoms with Gasteiger partial charge in [-0.2, -0.15) is 0 Å². The van der Waals surface area contributed by atoms with Crippen LogP contribution in [0.1, 0.15) is 17.3 Å². The maximum atomic E-state index is 12.1. The molecule has 0 aliphatic rings. The van der Waals surface area contributed by atoms with Crippen LogP contribution in [0.2, 0.25) is 0 Å². The van der Waals surface area contributed by atoms with Gasteiger partial charge in [0.2, 0.25) is 0 Å². The number of benzene rings is 2. The van der Waals surface area contributed by atoms with Crippen LogP contribution in [0.15, 0.2) is 54.9 Å². The van der Waals surface area contributed by atoms with Gasteiger partial charge in [0.05, 0.1) is 11.0 Å². The number of fused-ring (bicyclic) bond motifs is 1. The molecule has 0 spiro atoms. The normalized spacial score (nSPS) is 10.8. The lowest BCUT2D eigenvalue weighted by Gasteiger charge is -2.14. The predicted octanol–water partition coefficient (Wildman–Crippen LogP) is 3.12. The first kappa shape index (κ1) is 13.4. The fourth-order valence-electron chi connectivity index (χ4n) is 2.29. The van der Waals surface area contributed by atoms with Crippen LogP contribution in [0.25, 0.3) is 16.7 Å². The molecule has 0 unspecified atom stereocenters. The summed E-state index contributed by atoms with van der Waals surface area (Å²) in [6, 6.07) is 15.6. The molecule has 1 heterocycles. The zero-order valence-electron chi connectivity index (χ0n) is 12.2. The molecule has 0 aliphatic heterocycles. The lowest BCUT2D eigenvalue weighted by molar-refractivity contribution is 0.0802.